The first-order valence-corrected chi connectivity index (χ1v) is 13.2. The first-order valence-electron chi connectivity index (χ1n) is 12.4. The van der Waals surface area contributed by atoms with Crippen LogP contribution in [0, 0.1) is 0 Å². The highest BCUT2D eigenvalue weighted by atomic mass is 79.9. The molecule has 3 heteroatoms. The number of hydrogen-bond acceptors (Lipinski definition) is 1. The molecule has 37 heavy (non-hydrogen) atoms. The number of aromatic nitrogens is 1. The minimum atomic E-state index is 0.869. The fourth-order valence-electron chi connectivity index (χ4n) is 5.74. The molecular weight excluding hydrogens is 518 g/mol. The summed E-state index contributed by atoms with van der Waals surface area (Å²) in [5, 5.41) is 7.19. The Morgan fingerprint density at radius 1 is 0.541 bits per heavy atom. The standard InChI is InChI=1S/C34H20BrNO/c35-28-16-17-29(33-26-12-6-7-13-32(26)37-34(28)33)36-30-20-24(21-8-2-1-3-9-21)14-15-25(30)27-18-22-10-4-5-11-23(22)19-31(27)36/h1-20H. The van der Waals surface area contributed by atoms with Crippen LogP contribution in [-0.4, -0.2) is 4.57 Å². The molecule has 0 unspecified atom stereocenters. The second-order valence-corrected chi connectivity index (χ2v) is 10.4. The molecule has 2 aromatic heterocycles. The van der Waals surface area contributed by atoms with Crippen molar-refractivity contribution in [2.75, 3.05) is 0 Å². The first kappa shape index (κ1) is 20.8. The first-order chi connectivity index (χ1) is 18.3. The molecule has 0 atom stereocenters. The smallest absolute Gasteiger partial charge is 0.151 e. The van der Waals surface area contributed by atoms with Crippen molar-refractivity contribution < 1.29 is 4.42 Å². The predicted octanol–water partition coefficient (Wildman–Crippen LogP) is 10.3. The third kappa shape index (κ3) is 3.04. The molecule has 0 amide bonds. The Bertz CT molecular complexity index is 2150. The van der Waals surface area contributed by atoms with Gasteiger partial charge in [-0.2, -0.15) is 0 Å². The maximum absolute atomic E-state index is 6.35. The fourth-order valence-corrected chi connectivity index (χ4v) is 6.15. The third-order valence-electron chi connectivity index (χ3n) is 7.44. The highest BCUT2D eigenvalue weighted by molar-refractivity contribution is 9.10. The second-order valence-electron chi connectivity index (χ2n) is 9.52. The molecule has 8 rings (SSSR count). The molecule has 174 valence electrons. The zero-order chi connectivity index (χ0) is 24.5. The van der Waals surface area contributed by atoms with E-state index in [0.29, 0.717) is 0 Å². The topological polar surface area (TPSA) is 18.1 Å². The molecule has 2 nitrogen and oxygen atoms in total. The van der Waals surface area contributed by atoms with Crippen molar-refractivity contribution in [2.24, 2.45) is 0 Å². The Kier molecular flexibility index (Phi) is 4.40. The molecule has 0 aliphatic heterocycles. The lowest BCUT2D eigenvalue weighted by Gasteiger charge is -2.12. The van der Waals surface area contributed by atoms with E-state index in [4.69, 9.17) is 4.42 Å². The van der Waals surface area contributed by atoms with Crippen LogP contribution in [0.4, 0.5) is 0 Å². The van der Waals surface area contributed by atoms with Gasteiger partial charge in [0.15, 0.2) is 5.58 Å². The largest absolute Gasteiger partial charge is 0.455 e. The molecule has 0 spiro atoms. The summed E-state index contributed by atoms with van der Waals surface area (Å²) in [6.07, 6.45) is 0. The van der Waals surface area contributed by atoms with Crippen molar-refractivity contribution in [1.82, 2.24) is 4.57 Å². The number of rotatable bonds is 2. The van der Waals surface area contributed by atoms with Gasteiger partial charge in [-0.05, 0) is 74.2 Å². The maximum Gasteiger partial charge on any atom is 0.151 e. The average Bonchev–Trinajstić information content (AvgIpc) is 3.49. The van der Waals surface area contributed by atoms with E-state index in [-0.39, 0.29) is 0 Å². The van der Waals surface area contributed by atoms with Gasteiger partial charge in [-0.15, -0.1) is 0 Å². The molecule has 6 aromatic carbocycles. The maximum atomic E-state index is 6.35. The van der Waals surface area contributed by atoms with Crippen LogP contribution in [0.25, 0.3) is 71.3 Å². The van der Waals surface area contributed by atoms with Gasteiger partial charge in [-0.3, -0.25) is 0 Å². The Morgan fingerprint density at radius 3 is 2.14 bits per heavy atom. The highest BCUT2D eigenvalue weighted by Crippen LogP contribution is 2.42. The quantitative estimate of drug-likeness (QED) is 0.214. The molecular formula is C34H20BrNO. The summed E-state index contributed by atoms with van der Waals surface area (Å²) in [7, 11) is 0. The highest BCUT2D eigenvalue weighted by Gasteiger charge is 2.20. The SMILES string of the molecule is Brc1ccc(-n2c3cc(-c4ccccc4)ccc3c3cc4ccccc4cc32)c2c1oc1ccccc12. The molecule has 0 aliphatic rings. The summed E-state index contributed by atoms with van der Waals surface area (Å²) in [4.78, 5) is 0. The van der Waals surface area contributed by atoms with Crippen LogP contribution in [0.3, 0.4) is 0 Å². The molecule has 0 N–H and O–H groups in total. The lowest BCUT2D eigenvalue weighted by molar-refractivity contribution is 0.666. The van der Waals surface area contributed by atoms with Crippen LogP contribution in [0.5, 0.6) is 0 Å². The molecule has 0 bridgehead atoms. The summed E-state index contributed by atoms with van der Waals surface area (Å²) < 4.78 is 9.72. The van der Waals surface area contributed by atoms with Gasteiger partial charge in [-0.1, -0.05) is 84.9 Å². The van der Waals surface area contributed by atoms with Crippen LogP contribution in [0.2, 0.25) is 0 Å². The zero-order valence-electron chi connectivity index (χ0n) is 19.8. The number of furan rings is 1. The van der Waals surface area contributed by atoms with Crippen LogP contribution in [0.1, 0.15) is 0 Å². The Hall–Kier alpha value is -4.34. The minimum Gasteiger partial charge on any atom is -0.455 e. The van der Waals surface area contributed by atoms with E-state index < -0.39 is 0 Å². The van der Waals surface area contributed by atoms with Gasteiger partial charge in [-0.25, -0.2) is 0 Å². The number of hydrogen-bond donors (Lipinski definition) is 0. The molecule has 0 saturated heterocycles. The fraction of sp³-hybridized carbons (Fsp3) is 0. The van der Waals surface area contributed by atoms with E-state index in [1.165, 1.54) is 43.7 Å². The van der Waals surface area contributed by atoms with Crippen molar-refractivity contribution in [3.63, 3.8) is 0 Å². The summed E-state index contributed by atoms with van der Waals surface area (Å²) in [5.41, 5.74) is 7.65. The van der Waals surface area contributed by atoms with Gasteiger partial charge in [0, 0.05) is 16.2 Å². The summed E-state index contributed by atoms with van der Waals surface area (Å²) in [6.45, 7) is 0. The van der Waals surface area contributed by atoms with E-state index in [0.717, 1.165) is 32.1 Å². The average molecular weight is 538 g/mol. The van der Waals surface area contributed by atoms with Gasteiger partial charge in [0.2, 0.25) is 0 Å². The normalized spacial score (nSPS) is 11.9. The monoisotopic (exact) mass is 537 g/mol. The van der Waals surface area contributed by atoms with Crippen LogP contribution in [-0.2, 0) is 0 Å². The van der Waals surface area contributed by atoms with Crippen molar-refractivity contribution in [1.29, 1.82) is 0 Å². The molecule has 0 fully saturated rings. The third-order valence-corrected chi connectivity index (χ3v) is 8.06. The Morgan fingerprint density at radius 2 is 1.27 bits per heavy atom. The summed E-state index contributed by atoms with van der Waals surface area (Å²) in [5.74, 6) is 0. The molecule has 0 aliphatic carbocycles. The minimum absolute atomic E-state index is 0.869. The summed E-state index contributed by atoms with van der Waals surface area (Å²) in [6, 6.07) is 43.3. The molecule has 2 heterocycles. The van der Waals surface area contributed by atoms with E-state index in [1.807, 2.05) is 12.1 Å². The van der Waals surface area contributed by atoms with E-state index in [2.05, 4.69) is 130 Å². The summed E-state index contributed by atoms with van der Waals surface area (Å²) >= 11 is 3.74. The van der Waals surface area contributed by atoms with Crippen molar-refractivity contribution >= 4 is 70.4 Å². The van der Waals surface area contributed by atoms with Gasteiger partial charge in [0.25, 0.3) is 0 Å². The van der Waals surface area contributed by atoms with Gasteiger partial charge in [0.05, 0.1) is 26.6 Å². The number of nitrogens with zero attached hydrogens (tertiary/aromatic N) is 1. The van der Waals surface area contributed by atoms with Crippen molar-refractivity contribution in [3.8, 4) is 16.8 Å². The van der Waals surface area contributed by atoms with Gasteiger partial charge < -0.3 is 8.98 Å². The molecule has 8 aromatic rings. The zero-order valence-corrected chi connectivity index (χ0v) is 21.4. The van der Waals surface area contributed by atoms with Crippen LogP contribution in [0.15, 0.2) is 130 Å². The lowest BCUT2D eigenvalue weighted by atomic mass is 10.0. The molecule has 0 saturated carbocycles. The van der Waals surface area contributed by atoms with E-state index in [1.54, 1.807) is 0 Å². The lowest BCUT2D eigenvalue weighted by Crippen LogP contribution is -1.95. The molecule has 0 radical (unpaired) electrons. The number of halogens is 1. The number of fused-ring (bicyclic) bond motifs is 7. The predicted molar refractivity (Wildman–Crippen MR) is 159 cm³/mol. The van der Waals surface area contributed by atoms with Gasteiger partial charge in [0.1, 0.15) is 5.58 Å². The van der Waals surface area contributed by atoms with Crippen molar-refractivity contribution in [2.45, 2.75) is 0 Å². The second kappa shape index (κ2) is 7.83. The van der Waals surface area contributed by atoms with Gasteiger partial charge >= 0.3 is 0 Å². The Labute approximate surface area is 221 Å². The van der Waals surface area contributed by atoms with Crippen molar-refractivity contribution in [3.05, 3.63) is 126 Å². The van der Waals surface area contributed by atoms with E-state index >= 15 is 0 Å². The van der Waals surface area contributed by atoms with Crippen LogP contribution >= 0.6 is 15.9 Å². The van der Waals surface area contributed by atoms with E-state index in [9.17, 15) is 0 Å². The number of benzene rings is 6. The number of para-hydroxylation sites is 1. The van der Waals surface area contributed by atoms with Crippen LogP contribution < -0.4 is 0 Å². The Balaban J connectivity index is 1.57.